The molecule has 0 saturated carbocycles. The van der Waals surface area contributed by atoms with Gasteiger partial charge in [0.2, 0.25) is 0 Å². The summed E-state index contributed by atoms with van der Waals surface area (Å²) in [6.07, 6.45) is 0. The lowest BCUT2D eigenvalue weighted by Crippen LogP contribution is -2.09. The van der Waals surface area contributed by atoms with Gasteiger partial charge in [-0.25, -0.2) is 0 Å². The van der Waals surface area contributed by atoms with Crippen molar-refractivity contribution in [2.75, 3.05) is 4.90 Å². The summed E-state index contributed by atoms with van der Waals surface area (Å²) in [5, 5.41) is 2.97. The molecule has 5 heteroatoms. The predicted molar refractivity (Wildman–Crippen MR) is 174 cm³/mol. The number of rotatable bonds is 4. The molecule has 8 rings (SSSR count). The van der Waals surface area contributed by atoms with Crippen molar-refractivity contribution in [3.63, 3.8) is 0 Å². The van der Waals surface area contributed by atoms with E-state index in [4.69, 9.17) is 16.0 Å². The van der Waals surface area contributed by atoms with E-state index in [2.05, 4.69) is 120 Å². The topological polar surface area (TPSA) is 16.4 Å². The van der Waals surface area contributed by atoms with Crippen LogP contribution in [0.5, 0.6) is 0 Å². The second-order valence-electron chi connectivity index (χ2n) is 9.93. The molecule has 2 nitrogen and oxygen atoms in total. The lowest BCUT2D eigenvalue weighted by molar-refractivity contribution is 0.670. The van der Waals surface area contributed by atoms with Gasteiger partial charge >= 0.3 is 0 Å². The second-order valence-corrected chi connectivity index (χ2v) is 12.5. The minimum absolute atomic E-state index is 0.765. The number of benzene rings is 6. The predicted octanol–water partition coefficient (Wildman–Crippen LogP) is 12.0. The van der Waals surface area contributed by atoms with Gasteiger partial charge in [0.05, 0.1) is 0 Å². The molecule has 1 aliphatic rings. The number of furan rings is 1. The Kier molecular flexibility index (Phi) is 6.07. The SMILES string of the molecule is Clc1ccc2c(c1)Sc1cc(-c3cccc4c3oc3ccc(N(c5ccccc5)c5ccccc5)cc34)ccc1S2. The first-order valence-corrected chi connectivity index (χ1v) is 15.4. The largest absolute Gasteiger partial charge is 0.455 e. The van der Waals surface area contributed by atoms with Gasteiger partial charge in [-0.2, -0.15) is 0 Å². The van der Waals surface area contributed by atoms with Gasteiger partial charge in [-0.3, -0.25) is 0 Å². The van der Waals surface area contributed by atoms with E-state index in [-0.39, 0.29) is 0 Å². The van der Waals surface area contributed by atoms with Crippen LogP contribution in [0.15, 0.2) is 157 Å². The maximum absolute atomic E-state index is 6.55. The van der Waals surface area contributed by atoms with Crippen molar-refractivity contribution in [2.45, 2.75) is 19.6 Å². The average molecular weight is 584 g/mol. The van der Waals surface area contributed by atoms with Crippen LogP contribution >= 0.6 is 35.1 Å². The standard InChI is InChI=1S/C36H22ClNOS2/c37-24-15-19-33-35(21-24)41-34-20-23(14-18-32(34)40-33)28-12-7-13-29-30-22-27(16-17-31(30)39-36(28)29)38(25-8-3-1-4-9-25)26-10-5-2-6-11-26/h1-22H. The van der Waals surface area contributed by atoms with Crippen molar-refractivity contribution in [1.82, 2.24) is 0 Å². The van der Waals surface area contributed by atoms with Crippen molar-refractivity contribution in [2.24, 2.45) is 0 Å². The fraction of sp³-hybridized carbons (Fsp3) is 0. The molecule has 0 saturated heterocycles. The van der Waals surface area contributed by atoms with Crippen molar-refractivity contribution >= 4 is 74.1 Å². The number of para-hydroxylation sites is 3. The summed E-state index contributed by atoms with van der Waals surface area (Å²) in [6, 6.07) is 46.7. The van der Waals surface area contributed by atoms with E-state index in [1.165, 1.54) is 19.6 Å². The Labute approximate surface area is 251 Å². The summed E-state index contributed by atoms with van der Waals surface area (Å²) < 4.78 is 6.55. The van der Waals surface area contributed by atoms with Crippen LogP contribution in [-0.4, -0.2) is 0 Å². The number of hydrogen-bond acceptors (Lipinski definition) is 4. The third-order valence-electron chi connectivity index (χ3n) is 7.37. The molecule has 0 N–H and O–H groups in total. The van der Waals surface area contributed by atoms with Crippen LogP contribution in [0, 0.1) is 0 Å². The zero-order valence-electron chi connectivity index (χ0n) is 21.8. The summed E-state index contributed by atoms with van der Waals surface area (Å²) in [5.74, 6) is 0. The fourth-order valence-electron chi connectivity index (χ4n) is 5.48. The van der Waals surface area contributed by atoms with Gasteiger partial charge in [-0.05, 0) is 78.4 Å². The Balaban J connectivity index is 1.24. The molecule has 0 unspecified atom stereocenters. The number of fused-ring (bicyclic) bond motifs is 5. The Bertz CT molecular complexity index is 2030. The van der Waals surface area contributed by atoms with Crippen LogP contribution < -0.4 is 4.90 Å². The number of halogens is 1. The first-order chi connectivity index (χ1) is 20.2. The molecule has 41 heavy (non-hydrogen) atoms. The van der Waals surface area contributed by atoms with Crippen LogP contribution in [-0.2, 0) is 0 Å². The van der Waals surface area contributed by atoms with Gasteiger partial charge in [-0.1, -0.05) is 95.8 Å². The van der Waals surface area contributed by atoms with Crippen LogP contribution in [0.4, 0.5) is 17.1 Å². The monoisotopic (exact) mass is 583 g/mol. The quantitative estimate of drug-likeness (QED) is 0.205. The zero-order valence-corrected chi connectivity index (χ0v) is 24.1. The summed E-state index contributed by atoms with van der Waals surface area (Å²) in [4.78, 5) is 7.22. The summed E-state index contributed by atoms with van der Waals surface area (Å²) in [6.45, 7) is 0. The average Bonchev–Trinajstić information content (AvgIpc) is 3.39. The van der Waals surface area contributed by atoms with E-state index in [1.54, 1.807) is 23.5 Å². The highest BCUT2D eigenvalue weighted by atomic mass is 35.5. The maximum atomic E-state index is 6.55. The Morgan fingerprint density at radius 3 is 1.95 bits per heavy atom. The number of nitrogens with zero attached hydrogens (tertiary/aromatic N) is 1. The Morgan fingerprint density at radius 2 is 1.20 bits per heavy atom. The minimum Gasteiger partial charge on any atom is -0.455 e. The van der Waals surface area contributed by atoms with Gasteiger partial charge in [0.25, 0.3) is 0 Å². The summed E-state index contributed by atoms with van der Waals surface area (Å²) >= 11 is 9.87. The van der Waals surface area contributed by atoms with Crippen molar-refractivity contribution < 1.29 is 4.42 Å². The Morgan fingerprint density at radius 1 is 0.512 bits per heavy atom. The molecule has 0 atom stereocenters. The van der Waals surface area contributed by atoms with E-state index >= 15 is 0 Å². The van der Waals surface area contributed by atoms with Crippen molar-refractivity contribution in [3.8, 4) is 11.1 Å². The molecule has 0 amide bonds. The summed E-state index contributed by atoms with van der Waals surface area (Å²) in [7, 11) is 0. The van der Waals surface area contributed by atoms with Crippen LogP contribution in [0.3, 0.4) is 0 Å². The molecule has 7 aromatic rings. The van der Waals surface area contributed by atoms with Crippen LogP contribution in [0.2, 0.25) is 5.02 Å². The smallest absolute Gasteiger partial charge is 0.143 e. The van der Waals surface area contributed by atoms with Gasteiger partial charge in [0, 0.05) is 58.0 Å². The van der Waals surface area contributed by atoms with E-state index in [0.717, 1.165) is 55.2 Å². The molecular weight excluding hydrogens is 562 g/mol. The van der Waals surface area contributed by atoms with Crippen molar-refractivity contribution in [3.05, 3.63) is 138 Å². The molecule has 0 fully saturated rings. The van der Waals surface area contributed by atoms with E-state index < -0.39 is 0 Å². The fourth-order valence-corrected chi connectivity index (χ4v) is 7.99. The van der Waals surface area contributed by atoms with Gasteiger partial charge in [-0.15, -0.1) is 0 Å². The van der Waals surface area contributed by atoms with Crippen molar-refractivity contribution in [1.29, 1.82) is 0 Å². The highest BCUT2D eigenvalue weighted by Gasteiger charge is 2.20. The molecule has 1 aromatic heterocycles. The third kappa shape index (κ3) is 4.40. The first kappa shape index (κ1) is 24.7. The number of anilines is 3. The molecule has 1 aliphatic heterocycles. The molecule has 6 aromatic carbocycles. The Hall–Kier alpha value is -4.09. The number of hydrogen-bond donors (Lipinski definition) is 0. The van der Waals surface area contributed by atoms with Gasteiger partial charge in [0.1, 0.15) is 11.2 Å². The van der Waals surface area contributed by atoms with Gasteiger partial charge < -0.3 is 9.32 Å². The first-order valence-electron chi connectivity index (χ1n) is 13.4. The molecule has 2 heterocycles. The third-order valence-corrected chi connectivity index (χ3v) is 10.1. The molecular formula is C36H22ClNOS2. The van der Waals surface area contributed by atoms with E-state index in [1.807, 2.05) is 18.2 Å². The van der Waals surface area contributed by atoms with E-state index in [0.29, 0.717) is 0 Å². The highest BCUT2D eigenvalue weighted by Crippen LogP contribution is 2.50. The highest BCUT2D eigenvalue weighted by molar-refractivity contribution is 8.05. The zero-order chi connectivity index (χ0) is 27.3. The summed E-state index contributed by atoms with van der Waals surface area (Å²) in [5.41, 5.74) is 7.32. The lowest BCUT2D eigenvalue weighted by Gasteiger charge is -2.25. The molecule has 0 spiro atoms. The van der Waals surface area contributed by atoms with E-state index in [9.17, 15) is 0 Å². The van der Waals surface area contributed by atoms with Crippen LogP contribution in [0.25, 0.3) is 33.1 Å². The molecule has 0 aliphatic carbocycles. The maximum Gasteiger partial charge on any atom is 0.143 e. The second kappa shape index (κ2) is 10.1. The minimum atomic E-state index is 0.765. The van der Waals surface area contributed by atoms with Crippen LogP contribution in [0.1, 0.15) is 0 Å². The van der Waals surface area contributed by atoms with Gasteiger partial charge in [0.15, 0.2) is 0 Å². The lowest BCUT2D eigenvalue weighted by atomic mass is 10.0. The molecule has 196 valence electrons. The molecule has 0 bridgehead atoms. The normalized spacial score (nSPS) is 12.3. The molecule has 0 radical (unpaired) electrons.